The molecule has 1 aromatic carbocycles. The molecule has 0 aromatic heterocycles. The molecule has 0 saturated heterocycles. The normalized spacial score (nSPS) is 13.7. The third-order valence-electron chi connectivity index (χ3n) is 2.76. The molecule has 0 unspecified atom stereocenters. The predicted octanol–water partition coefficient (Wildman–Crippen LogP) is 3.62. The van der Waals surface area contributed by atoms with Gasteiger partial charge in [0.1, 0.15) is 12.4 Å². The molecule has 1 aromatic rings. The predicted molar refractivity (Wildman–Crippen MR) is 67.5 cm³/mol. The first-order valence-electron chi connectivity index (χ1n) is 6.00. The molecule has 0 bridgehead atoms. The Labute approximate surface area is 110 Å². The summed E-state index contributed by atoms with van der Waals surface area (Å²) in [7, 11) is 0. The van der Waals surface area contributed by atoms with Crippen LogP contribution in [0.25, 0.3) is 0 Å². The zero-order valence-electron chi connectivity index (χ0n) is 11.1. The van der Waals surface area contributed by atoms with Crippen LogP contribution in [0, 0.1) is 5.82 Å². The van der Waals surface area contributed by atoms with Crippen LogP contribution in [-0.4, -0.2) is 18.8 Å². The highest BCUT2D eigenvalue weighted by Crippen LogP contribution is 2.30. The summed E-state index contributed by atoms with van der Waals surface area (Å²) in [5.41, 5.74) is 6.41. The summed E-state index contributed by atoms with van der Waals surface area (Å²) in [5, 5.41) is 0. The highest BCUT2D eigenvalue weighted by molar-refractivity contribution is 5.56. The lowest BCUT2D eigenvalue weighted by atomic mass is 10.0. The van der Waals surface area contributed by atoms with Gasteiger partial charge in [-0.25, -0.2) is 4.39 Å². The number of rotatable bonds is 4. The van der Waals surface area contributed by atoms with E-state index in [-0.39, 0.29) is 6.04 Å². The molecule has 0 saturated carbocycles. The molecule has 1 rings (SSSR count). The van der Waals surface area contributed by atoms with Crippen LogP contribution in [-0.2, 0) is 0 Å². The van der Waals surface area contributed by atoms with Crippen molar-refractivity contribution in [2.45, 2.75) is 39.0 Å². The van der Waals surface area contributed by atoms with Crippen molar-refractivity contribution in [1.29, 1.82) is 0 Å². The molecule has 0 fully saturated rings. The Morgan fingerprint density at radius 2 is 1.79 bits per heavy atom. The average Bonchev–Trinajstić information content (AvgIpc) is 2.24. The van der Waals surface area contributed by atoms with Crippen LogP contribution in [0.1, 0.15) is 32.4 Å². The smallest absolute Gasteiger partial charge is 0.360 e. The maximum absolute atomic E-state index is 13.2. The average molecular weight is 278 g/mol. The molecule has 0 aliphatic rings. The second kappa shape index (κ2) is 5.77. The molecule has 0 aliphatic heterocycles. The Morgan fingerprint density at radius 3 is 2.21 bits per heavy atom. The van der Waals surface area contributed by atoms with Gasteiger partial charge in [-0.05, 0) is 44.5 Å². The van der Waals surface area contributed by atoms with Crippen molar-refractivity contribution in [2.24, 2.45) is 5.73 Å². The number of nitrogens with two attached hydrogens (primary N) is 1. The lowest BCUT2D eigenvalue weighted by Gasteiger charge is -2.32. The fraction of sp³-hybridized carbons (Fsp3) is 0.538. The molecule has 0 spiro atoms. The second-order valence-electron chi connectivity index (χ2n) is 4.83. The minimum absolute atomic E-state index is 0.323. The molecule has 0 heterocycles. The van der Waals surface area contributed by atoms with Gasteiger partial charge in [0, 0.05) is 17.8 Å². The van der Waals surface area contributed by atoms with E-state index in [1.54, 1.807) is 20.8 Å². The number of alkyl halides is 3. The van der Waals surface area contributed by atoms with Crippen LogP contribution in [0.5, 0.6) is 0 Å². The topological polar surface area (TPSA) is 29.3 Å². The summed E-state index contributed by atoms with van der Waals surface area (Å²) in [6.07, 6.45) is -4.33. The number of anilines is 1. The molecule has 2 nitrogen and oxygen atoms in total. The molecular weight excluding hydrogens is 260 g/mol. The zero-order valence-corrected chi connectivity index (χ0v) is 11.1. The molecule has 2 N–H and O–H groups in total. The van der Waals surface area contributed by atoms with Gasteiger partial charge >= 0.3 is 6.18 Å². The standard InChI is InChI=1S/C13H18F4N2/c1-8(2)19(7-13(15,16)17)12-5-4-10(14)6-11(12)9(3)18/h4-6,8-9H,7,18H2,1-3H3/t9-/m0/s1. The highest BCUT2D eigenvalue weighted by atomic mass is 19.4. The first kappa shape index (κ1) is 15.8. The van der Waals surface area contributed by atoms with Crippen molar-refractivity contribution in [3.8, 4) is 0 Å². The van der Waals surface area contributed by atoms with E-state index in [0.717, 1.165) is 6.07 Å². The molecule has 0 amide bonds. The summed E-state index contributed by atoms with van der Waals surface area (Å²) in [4.78, 5) is 1.18. The highest BCUT2D eigenvalue weighted by Gasteiger charge is 2.33. The quantitative estimate of drug-likeness (QED) is 0.852. The molecule has 0 radical (unpaired) electrons. The van der Waals surface area contributed by atoms with E-state index in [2.05, 4.69) is 0 Å². The van der Waals surface area contributed by atoms with Crippen LogP contribution in [0.15, 0.2) is 18.2 Å². The van der Waals surface area contributed by atoms with Crippen molar-refractivity contribution >= 4 is 5.69 Å². The molecule has 0 aliphatic carbocycles. The SMILES string of the molecule is CC(C)N(CC(F)(F)F)c1ccc(F)cc1[C@H](C)N. The van der Waals surface area contributed by atoms with E-state index >= 15 is 0 Å². The van der Waals surface area contributed by atoms with Gasteiger partial charge in [-0.15, -0.1) is 0 Å². The Balaban J connectivity index is 3.23. The Morgan fingerprint density at radius 1 is 1.21 bits per heavy atom. The first-order chi connectivity index (χ1) is 8.61. The first-order valence-corrected chi connectivity index (χ1v) is 6.00. The number of nitrogens with zero attached hydrogens (tertiary/aromatic N) is 1. The summed E-state index contributed by atoms with van der Waals surface area (Å²) in [6.45, 7) is 3.83. The fourth-order valence-corrected chi connectivity index (χ4v) is 1.89. The van der Waals surface area contributed by atoms with Crippen LogP contribution < -0.4 is 10.6 Å². The van der Waals surface area contributed by atoms with Gasteiger partial charge in [0.25, 0.3) is 0 Å². The monoisotopic (exact) mass is 278 g/mol. The van der Waals surface area contributed by atoms with Gasteiger partial charge in [-0.1, -0.05) is 0 Å². The summed E-state index contributed by atoms with van der Waals surface area (Å²) >= 11 is 0. The van der Waals surface area contributed by atoms with Gasteiger partial charge in [0.2, 0.25) is 0 Å². The molecule has 6 heteroatoms. The molecule has 108 valence electrons. The maximum atomic E-state index is 13.2. The van der Waals surface area contributed by atoms with E-state index in [1.165, 1.54) is 17.0 Å². The van der Waals surface area contributed by atoms with E-state index in [0.29, 0.717) is 11.3 Å². The van der Waals surface area contributed by atoms with Crippen LogP contribution in [0.2, 0.25) is 0 Å². The summed E-state index contributed by atoms with van der Waals surface area (Å²) in [6, 6.07) is 2.77. The third kappa shape index (κ3) is 4.38. The molecule has 1 atom stereocenters. The van der Waals surface area contributed by atoms with Crippen molar-refractivity contribution in [1.82, 2.24) is 0 Å². The summed E-state index contributed by atoms with van der Waals surface area (Å²) in [5.74, 6) is -0.508. The van der Waals surface area contributed by atoms with Gasteiger partial charge in [0.05, 0.1) is 0 Å². The Kier molecular flexibility index (Phi) is 4.79. The van der Waals surface area contributed by atoms with Crippen LogP contribution in [0.4, 0.5) is 23.2 Å². The van der Waals surface area contributed by atoms with Gasteiger partial charge in [-0.2, -0.15) is 13.2 Å². The Bertz CT molecular complexity index is 427. The second-order valence-corrected chi connectivity index (χ2v) is 4.83. The number of halogens is 4. The third-order valence-corrected chi connectivity index (χ3v) is 2.76. The van der Waals surface area contributed by atoms with E-state index in [9.17, 15) is 17.6 Å². The zero-order chi connectivity index (χ0) is 14.8. The fourth-order valence-electron chi connectivity index (χ4n) is 1.89. The largest absolute Gasteiger partial charge is 0.405 e. The van der Waals surface area contributed by atoms with Crippen molar-refractivity contribution in [3.05, 3.63) is 29.6 Å². The minimum Gasteiger partial charge on any atom is -0.360 e. The minimum atomic E-state index is -4.33. The van der Waals surface area contributed by atoms with Crippen LogP contribution >= 0.6 is 0 Å². The van der Waals surface area contributed by atoms with Gasteiger partial charge < -0.3 is 10.6 Å². The Hall–Kier alpha value is -1.30. The maximum Gasteiger partial charge on any atom is 0.405 e. The lowest BCUT2D eigenvalue weighted by Crippen LogP contribution is -2.40. The molecule has 19 heavy (non-hydrogen) atoms. The summed E-state index contributed by atoms with van der Waals surface area (Å²) < 4.78 is 51.1. The van der Waals surface area contributed by atoms with E-state index < -0.39 is 24.6 Å². The number of hydrogen-bond acceptors (Lipinski definition) is 2. The van der Waals surface area contributed by atoms with E-state index in [1.807, 2.05) is 0 Å². The van der Waals surface area contributed by atoms with Crippen molar-refractivity contribution in [2.75, 3.05) is 11.4 Å². The number of benzene rings is 1. The number of hydrogen-bond donors (Lipinski definition) is 1. The van der Waals surface area contributed by atoms with Crippen LogP contribution in [0.3, 0.4) is 0 Å². The van der Waals surface area contributed by atoms with Crippen molar-refractivity contribution in [3.63, 3.8) is 0 Å². The lowest BCUT2D eigenvalue weighted by molar-refractivity contribution is -0.120. The van der Waals surface area contributed by atoms with Gasteiger partial charge in [0.15, 0.2) is 0 Å². The molecular formula is C13H18F4N2. The van der Waals surface area contributed by atoms with E-state index in [4.69, 9.17) is 5.73 Å². The van der Waals surface area contributed by atoms with Gasteiger partial charge in [-0.3, -0.25) is 0 Å². The van der Waals surface area contributed by atoms with Crippen molar-refractivity contribution < 1.29 is 17.6 Å².